The van der Waals surface area contributed by atoms with Gasteiger partial charge < -0.3 is 5.73 Å². The zero-order chi connectivity index (χ0) is 12.1. The van der Waals surface area contributed by atoms with Gasteiger partial charge in [-0.15, -0.1) is 0 Å². The predicted molar refractivity (Wildman–Crippen MR) is 70.4 cm³/mol. The van der Waals surface area contributed by atoms with Crippen LogP contribution in [0.2, 0.25) is 5.02 Å². The number of aromatic nitrogens is 2. The second-order valence-electron chi connectivity index (χ2n) is 3.42. The molecular formula is C12H12ClN3S. The summed E-state index contributed by atoms with van der Waals surface area (Å²) < 4.78 is 0. The zero-order valence-electron chi connectivity index (χ0n) is 9.14. The lowest BCUT2D eigenvalue weighted by Crippen LogP contribution is -2.03. The van der Waals surface area contributed by atoms with Crippen molar-refractivity contribution in [2.24, 2.45) is 5.73 Å². The number of rotatable bonds is 4. The molecule has 0 saturated carbocycles. The van der Waals surface area contributed by atoms with Crippen LogP contribution in [-0.2, 0) is 6.42 Å². The maximum absolute atomic E-state index is 6.00. The zero-order valence-corrected chi connectivity index (χ0v) is 10.7. The fraction of sp³-hybridized carbons (Fsp3) is 0.167. The van der Waals surface area contributed by atoms with Crippen LogP contribution < -0.4 is 5.73 Å². The predicted octanol–water partition coefficient (Wildman–Crippen LogP) is 2.78. The monoisotopic (exact) mass is 265 g/mol. The Hall–Kier alpha value is -1.10. The average molecular weight is 266 g/mol. The molecule has 0 radical (unpaired) electrons. The molecule has 0 aliphatic heterocycles. The molecule has 88 valence electrons. The van der Waals surface area contributed by atoms with Crippen molar-refractivity contribution in [3.8, 4) is 0 Å². The Morgan fingerprint density at radius 3 is 2.71 bits per heavy atom. The second-order valence-corrected chi connectivity index (χ2v) is 4.87. The first kappa shape index (κ1) is 12.4. The highest BCUT2D eigenvalue weighted by molar-refractivity contribution is 7.99. The molecular weight excluding hydrogens is 254 g/mol. The summed E-state index contributed by atoms with van der Waals surface area (Å²) in [6.07, 6.45) is 4.28. The van der Waals surface area contributed by atoms with Crippen LogP contribution in [0.1, 0.15) is 5.56 Å². The van der Waals surface area contributed by atoms with E-state index in [1.165, 1.54) is 17.3 Å². The highest BCUT2D eigenvalue weighted by atomic mass is 35.5. The number of hydrogen-bond donors (Lipinski definition) is 1. The van der Waals surface area contributed by atoms with Gasteiger partial charge in [0, 0.05) is 22.3 Å². The van der Waals surface area contributed by atoms with Gasteiger partial charge in [0.15, 0.2) is 5.16 Å². The second kappa shape index (κ2) is 6.00. The number of nitrogens with two attached hydrogens (primary N) is 1. The molecule has 0 saturated heterocycles. The largest absolute Gasteiger partial charge is 0.330 e. The summed E-state index contributed by atoms with van der Waals surface area (Å²) in [6, 6.07) is 7.60. The first-order chi connectivity index (χ1) is 8.29. The van der Waals surface area contributed by atoms with E-state index in [1.54, 1.807) is 18.5 Å². The summed E-state index contributed by atoms with van der Waals surface area (Å²) >= 11 is 7.50. The molecule has 17 heavy (non-hydrogen) atoms. The van der Waals surface area contributed by atoms with Crippen molar-refractivity contribution in [1.82, 2.24) is 9.97 Å². The molecule has 1 aromatic heterocycles. The Morgan fingerprint density at radius 2 is 2.00 bits per heavy atom. The van der Waals surface area contributed by atoms with Crippen molar-refractivity contribution in [3.63, 3.8) is 0 Å². The van der Waals surface area contributed by atoms with Crippen molar-refractivity contribution in [2.75, 3.05) is 6.54 Å². The van der Waals surface area contributed by atoms with Gasteiger partial charge in [-0.25, -0.2) is 9.97 Å². The summed E-state index contributed by atoms with van der Waals surface area (Å²) in [5, 5.41) is 1.43. The third kappa shape index (κ3) is 3.43. The van der Waals surface area contributed by atoms with E-state index in [1.807, 2.05) is 18.2 Å². The third-order valence-corrected chi connectivity index (χ3v) is 3.41. The lowest BCUT2D eigenvalue weighted by molar-refractivity contribution is 0.935. The Kier molecular flexibility index (Phi) is 4.36. The van der Waals surface area contributed by atoms with Gasteiger partial charge >= 0.3 is 0 Å². The van der Waals surface area contributed by atoms with E-state index in [0.717, 1.165) is 11.3 Å². The summed E-state index contributed by atoms with van der Waals surface area (Å²) in [6.45, 7) is 0.616. The molecule has 3 nitrogen and oxygen atoms in total. The number of halogens is 1. The highest BCUT2D eigenvalue weighted by Crippen LogP contribution is 2.30. The van der Waals surface area contributed by atoms with Crippen LogP contribution in [0, 0.1) is 0 Å². The van der Waals surface area contributed by atoms with Crippen LogP contribution in [0.15, 0.2) is 46.7 Å². The minimum atomic E-state index is 0.616. The topological polar surface area (TPSA) is 51.8 Å². The van der Waals surface area contributed by atoms with E-state index in [-0.39, 0.29) is 0 Å². The van der Waals surface area contributed by atoms with Crippen LogP contribution >= 0.6 is 23.4 Å². The fourth-order valence-corrected chi connectivity index (χ4v) is 2.57. The molecule has 0 unspecified atom stereocenters. The molecule has 0 spiro atoms. The van der Waals surface area contributed by atoms with Gasteiger partial charge in [0.2, 0.25) is 0 Å². The van der Waals surface area contributed by atoms with Crippen molar-refractivity contribution < 1.29 is 0 Å². The van der Waals surface area contributed by atoms with Gasteiger partial charge in [-0.1, -0.05) is 17.7 Å². The number of benzene rings is 1. The smallest absolute Gasteiger partial charge is 0.192 e. The van der Waals surface area contributed by atoms with Crippen molar-refractivity contribution in [2.45, 2.75) is 16.5 Å². The summed E-state index contributed by atoms with van der Waals surface area (Å²) in [7, 11) is 0. The number of nitrogens with zero attached hydrogens (tertiary/aromatic N) is 2. The van der Waals surface area contributed by atoms with Gasteiger partial charge in [0.1, 0.15) is 0 Å². The molecule has 2 aromatic rings. The minimum absolute atomic E-state index is 0.616. The quantitative estimate of drug-likeness (QED) is 0.864. The van der Waals surface area contributed by atoms with E-state index < -0.39 is 0 Å². The van der Waals surface area contributed by atoms with Crippen molar-refractivity contribution in [1.29, 1.82) is 0 Å². The van der Waals surface area contributed by atoms with Gasteiger partial charge in [-0.3, -0.25) is 0 Å². The van der Waals surface area contributed by atoms with E-state index in [0.29, 0.717) is 16.7 Å². The van der Waals surface area contributed by atoms with Gasteiger partial charge in [-0.2, -0.15) is 0 Å². The molecule has 0 atom stereocenters. The van der Waals surface area contributed by atoms with E-state index in [2.05, 4.69) is 9.97 Å². The Labute approximate surface area is 109 Å². The van der Waals surface area contributed by atoms with Crippen LogP contribution in [0.5, 0.6) is 0 Å². The normalized spacial score (nSPS) is 10.5. The standard InChI is InChI=1S/C12H12ClN3S/c13-10-3-2-9(4-5-14)11(8-10)17-12-15-6-1-7-16-12/h1-3,6-8H,4-5,14H2. The molecule has 2 rings (SSSR count). The molecule has 0 amide bonds. The maximum Gasteiger partial charge on any atom is 0.192 e. The van der Waals surface area contributed by atoms with E-state index in [9.17, 15) is 0 Å². The van der Waals surface area contributed by atoms with E-state index in [4.69, 9.17) is 17.3 Å². The molecule has 0 bridgehead atoms. The summed E-state index contributed by atoms with van der Waals surface area (Å²) in [5.41, 5.74) is 6.76. The first-order valence-electron chi connectivity index (χ1n) is 5.23. The van der Waals surface area contributed by atoms with Crippen LogP contribution in [0.4, 0.5) is 0 Å². The average Bonchev–Trinajstić information content (AvgIpc) is 2.34. The highest BCUT2D eigenvalue weighted by Gasteiger charge is 2.06. The van der Waals surface area contributed by atoms with E-state index >= 15 is 0 Å². The Balaban J connectivity index is 2.27. The molecule has 0 aliphatic carbocycles. The first-order valence-corrected chi connectivity index (χ1v) is 6.42. The maximum atomic E-state index is 6.00. The van der Waals surface area contributed by atoms with Gasteiger partial charge in [0.25, 0.3) is 0 Å². The fourth-order valence-electron chi connectivity index (χ4n) is 1.42. The molecule has 1 heterocycles. The van der Waals surface area contributed by atoms with Crippen LogP contribution in [0.25, 0.3) is 0 Å². The molecule has 0 fully saturated rings. The SMILES string of the molecule is NCCc1ccc(Cl)cc1Sc1ncccn1. The van der Waals surface area contributed by atoms with Crippen molar-refractivity contribution >= 4 is 23.4 Å². The molecule has 1 aromatic carbocycles. The minimum Gasteiger partial charge on any atom is -0.330 e. The van der Waals surface area contributed by atoms with Gasteiger partial charge in [0.05, 0.1) is 0 Å². The molecule has 5 heteroatoms. The number of hydrogen-bond acceptors (Lipinski definition) is 4. The van der Waals surface area contributed by atoms with Gasteiger partial charge in [-0.05, 0) is 48.5 Å². The summed E-state index contributed by atoms with van der Waals surface area (Å²) in [4.78, 5) is 9.43. The van der Waals surface area contributed by atoms with Crippen molar-refractivity contribution in [3.05, 3.63) is 47.2 Å². The van der Waals surface area contributed by atoms with Crippen LogP contribution in [-0.4, -0.2) is 16.5 Å². The summed E-state index contributed by atoms with van der Waals surface area (Å²) in [5.74, 6) is 0. The molecule has 2 N–H and O–H groups in total. The third-order valence-electron chi connectivity index (χ3n) is 2.19. The Bertz CT molecular complexity index is 490. The van der Waals surface area contributed by atoms with Crippen LogP contribution in [0.3, 0.4) is 0 Å². The lowest BCUT2D eigenvalue weighted by Gasteiger charge is -2.07. The Morgan fingerprint density at radius 1 is 1.24 bits per heavy atom. The lowest BCUT2D eigenvalue weighted by atomic mass is 10.1. The molecule has 0 aliphatic rings.